The first-order valence-electron chi connectivity index (χ1n) is 31.0. The molecule has 2 aromatic heterocycles. The second-order valence-electron chi connectivity index (χ2n) is 22.8. The van der Waals surface area contributed by atoms with E-state index in [1.54, 1.807) is 13.8 Å². The highest BCUT2D eigenvalue weighted by Gasteiger charge is 2.29. The summed E-state index contributed by atoms with van der Waals surface area (Å²) in [5.41, 5.74) is -3.47. The second-order valence-corrected chi connectivity index (χ2v) is 35.6. The Kier molecular flexibility index (Phi) is 25.0. The molecule has 112 heavy (non-hydrogen) atoms. The Morgan fingerprint density at radius 2 is 0.768 bits per heavy atom. The summed E-state index contributed by atoms with van der Waals surface area (Å²) in [6.45, 7) is 1.74. The number of hydrogen-bond donors (Lipinski definition) is 12. The highest BCUT2D eigenvalue weighted by atomic mass is 35.5. The maximum absolute atomic E-state index is 13.2. The van der Waals surface area contributed by atoms with Gasteiger partial charge in [0, 0.05) is 11.4 Å². The van der Waals surface area contributed by atoms with Crippen LogP contribution in [0.5, 0.6) is 23.0 Å². The first-order chi connectivity index (χ1) is 52.2. The van der Waals surface area contributed by atoms with E-state index in [1.165, 1.54) is 60.7 Å². The Labute approximate surface area is 643 Å². The summed E-state index contributed by atoms with van der Waals surface area (Å²) in [6, 6.07) is 22.2. The number of benzene rings is 8. The molecule has 0 unspecified atom stereocenters. The van der Waals surface area contributed by atoms with E-state index in [-0.39, 0.29) is 69.1 Å². The van der Waals surface area contributed by atoms with Gasteiger partial charge in [-0.25, -0.2) is 35.2 Å². The van der Waals surface area contributed by atoms with Crippen molar-refractivity contribution < 1.29 is 123 Å². The van der Waals surface area contributed by atoms with Crippen molar-refractivity contribution in [2.45, 2.75) is 56.1 Å². The van der Waals surface area contributed by atoms with Crippen molar-refractivity contribution in [3.8, 4) is 34.1 Å². The maximum atomic E-state index is 13.2. The third-order valence-electron chi connectivity index (χ3n) is 14.9. The van der Waals surface area contributed by atoms with Gasteiger partial charge in [0.1, 0.15) is 44.0 Å². The molecule has 0 radical (unpaired) electrons. The third kappa shape index (κ3) is 21.3. The third-order valence-corrected chi connectivity index (χ3v) is 22.9. The lowest BCUT2D eigenvalue weighted by Crippen LogP contribution is -2.16. The Bertz CT molecular complexity index is 6250. The average molecular weight is 1750 g/mol. The van der Waals surface area contributed by atoms with Crippen LogP contribution < -0.4 is 31.3 Å². The van der Waals surface area contributed by atoms with Crippen LogP contribution >= 0.6 is 23.2 Å². The van der Waals surface area contributed by atoms with E-state index in [4.69, 9.17) is 41.8 Å². The Morgan fingerprint density at radius 3 is 1.09 bits per heavy atom. The minimum atomic E-state index is -5.44. The number of nitrogens with one attached hydrogen (secondary N) is 4. The van der Waals surface area contributed by atoms with E-state index in [2.05, 4.69) is 79.3 Å². The van der Waals surface area contributed by atoms with Gasteiger partial charge in [-0.05, 0) is 167 Å². The number of H-pyrrole nitrogens is 2. The van der Waals surface area contributed by atoms with Crippen molar-refractivity contribution in [2.75, 3.05) is 48.6 Å². The lowest BCUT2D eigenvalue weighted by molar-refractivity contribution is 0.282. The molecule has 0 fully saturated rings. The van der Waals surface area contributed by atoms with Crippen molar-refractivity contribution in [3.05, 3.63) is 143 Å². The quantitative estimate of drug-likeness (QED) is 0.0142. The Morgan fingerprint density at radius 1 is 0.411 bits per heavy atom. The summed E-state index contributed by atoms with van der Waals surface area (Å²) in [7, 11) is -39.4. The molecule has 594 valence electrons. The lowest BCUT2D eigenvalue weighted by atomic mass is 10.0. The van der Waals surface area contributed by atoms with Crippen LogP contribution in [-0.2, 0) is 89.3 Å². The number of hydrogen-bond acceptors (Lipinski definition) is 34. The van der Waals surface area contributed by atoms with Gasteiger partial charge >= 0.3 is 20.8 Å². The summed E-state index contributed by atoms with van der Waals surface area (Å²) in [6.07, 6.45) is 0.792. The number of anilines is 4. The number of halogens is 2. The lowest BCUT2D eigenvalue weighted by Gasteiger charge is -2.14. The monoisotopic (exact) mass is 1740 g/mol. The number of sulfone groups is 2. The summed E-state index contributed by atoms with van der Waals surface area (Å²) in [5.74, 6) is -4.69. The molecule has 0 saturated carbocycles. The molecule has 10 rings (SSSR count). The number of aromatic nitrogens is 6. The van der Waals surface area contributed by atoms with Gasteiger partial charge in [0.15, 0.2) is 31.2 Å². The van der Waals surface area contributed by atoms with Gasteiger partial charge in [0.05, 0.1) is 79.7 Å². The Balaban J connectivity index is 0.997. The number of ether oxygens (including phenoxy) is 2. The number of rotatable bonds is 31. The van der Waals surface area contributed by atoms with Crippen LogP contribution in [0.4, 0.5) is 57.4 Å². The van der Waals surface area contributed by atoms with E-state index in [0.717, 1.165) is 48.5 Å². The van der Waals surface area contributed by atoms with Gasteiger partial charge in [-0.1, -0.05) is 26.0 Å². The van der Waals surface area contributed by atoms with Crippen molar-refractivity contribution in [1.29, 1.82) is 0 Å². The maximum Gasteiger partial charge on any atom is 0.397 e. The molecule has 2 heterocycles. The molecule has 10 aromatic rings. The van der Waals surface area contributed by atoms with Gasteiger partial charge < -0.3 is 30.3 Å². The molecule has 52 heteroatoms. The van der Waals surface area contributed by atoms with Crippen molar-refractivity contribution >= 4 is 183 Å². The van der Waals surface area contributed by atoms with Crippen LogP contribution in [-0.4, -0.2) is 173 Å². The molecule has 0 spiro atoms. The highest BCUT2D eigenvalue weighted by molar-refractivity contribution is 7.92. The fraction of sp³-hybridized carbons (Fsp3) is 0.167. The van der Waals surface area contributed by atoms with Crippen molar-refractivity contribution in [2.24, 2.45) is 30.4 Å². The van der Waals surface area contributed by atoms with Crippen LogP contribution in [0.25, 0.3) is 32.7 Å². The van der Waals surface area contributed by atoms with Crippen LogP contribution in [0, 0.1) is 0 Å². The van der Waals surface area contributed by atoms with Gasteiger partial charge in [0.25, 0.3) is 40.5 Å². The van der Waals surface area contributed by atoms with Crippen LogP contribution in [0.2, 0.25) is 10.6 Å². The topological polar surface area (TPSA) is 653 Å². The largest absolute Gasteiger partial charge is 0.505 e. The molecule has 0 aliphatic rings. The van der Waals surface area contributed by atoms with Crippen LogP contribution in [0.1, 0.15) is 26.7 Å². The number of phenolic OH excluding ortho intramolecular Hbond substituents is 2. The number of nitrogens with zero attached hydrogens (tertiary/aromatic N) is 10. The number of aromatic hydroxyl groups is 2. The molecule has 0 bridgehead atoms. The molecule has 0 atom stereocenters. The molecular formula is C60H54Cl2N14O28S8. The van der Waals surface area contributed by atoms with Gasteiger partial charge in [-0.2, -0.15) is 70.4 Å². The highest BCUT2D eigenvalue weighted by Crippen LogP contribution is 2.49. The predicted octanol–water partition coefficient (Wildman–Crippen LogP) is 9.15. The van der Waals surface area contributed by atoms with E-state index in [1.807, 2.05) is 0 Å². The molecule has 0 aliphatic heterocycles. The van der Waals surface area contributed by atoms with E-state index < -0.39 is 203 Å². The minimum absolute atomic E-state index is 0.0195. The smallest absolute Gasteiger partial charge is 0.397 e. The fourth-order valence-electron chi connectivity index (χ4n) is 10.0. The second kappa shape index (κ2) is 33.2. The zero-order chi connectivity index (χ0) is 81.8. The van der Waals surface area contributed by atoms with E-state index in [0.29, 0.717) is 36.1 Å². The molecule has 0 amide bonds. The summed E-state index contributed by atoms with van der Waals surface area (Å²) in [4.78, 5) is 25.2. The first kappa shape index (κ1) is 84.2. The van der Waals surface area contributed by atoms with Crippen LogP contribution in [0.3, 0.4) is 0 Å². The molecular weight excluding hydrogens is 1690 g/mol. The zero-order valence-corrected chi connectivity index (χ0v) is 64.5. The number of azo groups is 2. The molecule has 42 nitrogen and oxygen atoms in total. The van der Waals surface area contributed by atoms with Crippen molar-refractivity contribution in [1.82, 2.24) is 29.9 Å². The fourth-order valence-corrected chi connectivity index (χ4v) is 15.7. The van der Waals surface area contributed by atoms with Gasteiger partial charge in [-0.3, -0.25) is 37.3 Å². The number of fused-ring (bicyclic) bond motifs is 2. The SMILES string of the molecule is CCCOc1cc(-c2ccc(N=Nc3c(S(=O)(=O)O)cc4cc(S(=O)(=O)O)cc(N=c5nc(Nc6ccc(S(=O)(=O)CCOS(=O)(=O)O)cc6)nc(Cl)[nH]5)c4c3O)c(OCCC)c2)ccc1N=Nc1c(S(=O)(=O)O)cc2cc(S(=O)(=O)O)cc(N=c3nc(Nc4ccc(S(=O)(=O)CCOS(=O)(=O)O)cc4)nc(Cl)[nH]3)c2c1O. The van der Waals surface area contributed by atoms with Crippen molar-refractivity contribution in [3.63, 3.8) is 0 Å². The van der Waals surface area contributed by atoms with E-state index >= 15 is 0 Å². The first-order valence-corrected chi connectivity index (χ1v) is 43.6. The average Bonchev–Trinajstić information content (AvgIpc) is 0.750. The molecule has 0 saturated heterocycles. The Hall–Kier alpha value is -10.2. The normalized spacial score (nSPS) is 13.2. The summed E-state index contributed by atoms with van der Waals surface area (Å²) < 4.78 is 278. The molecule has 0 aliphatic carbocycles. The van der Waals surface area contributed by atoms with Crippen LogP contribution in [0.15, 0.2) is 181 Å². The summed E-state index contributed by atoms with van der Waals surface area (Å²) in [5, 5.41) is 43.2. The number of phenols is 2. The number of aromatic amines is 2. The van der Waals surface area contributed by atoms with E-state index in [9.17, 15) is 95.8 Å². The predicted molar refractivity (Wildman–Crippen MR) is 394 cm³/mol. The molecule has 8 aromatic carbocycles. The standard InChI is InChI=1S/C60H54Cl2N14O28S8/c1-3-17-101-45-25-31(5-15-41(45)73-75-51-47(109(89,90)91)27-33-23-39(107(83,84)85)29-43(49(33)53(51)77)65-59-69-55(61)67-57(71-59)63-35-7-11-37(12-8-35)105(79,80)21-19-103-111(95,96)97)32-6-16-42(46(26-32)102-18-4-2)74-76-52-48(110(92,93)94)28-34-24-40(108(86,87)88)30-44(50(34)54(52)78)66-60-70-56(62)68-58(72-60)64-36-9-13-38(14-10-36)106(81,82)22-20-104-112(98,99)100/h5-16,23-30,77-78H,3-4,17-22H2,1-2H3,(H,83,84,85)(H,86,87,88)(H,89,90,91)(H,92,93,94)(H,95,96,97)(H,98,99,100)(H2,63,65,67,69,71)(H2,64,66,68,70,72). The summed E-state index contributed by atoms with van der Waals surface area (Å²) >= 11 is 12.6. The minimum Gasteiger partial charge on any atom is -0.505 e. The molecule has 12 N–H and O–H groups in total. The van der Waals surface area contributed by atoms with Gasteiger partial charge in [-0.15, -0.1) is 20.5 Å². The van der Waals surface area contributed by atoms with Gasteiger partial charge in [0.2, 0.25) is 33.7 Å². The zero-order valence-electron chi connectivity index (χ0n) is 56.4.